The van der Waals surface area contributed by atoms with Gasteiger partial charge in [-0.3, -0.25) is 25.0 Å². The van der Waals surface area contributed by atoms with Crippen LogP contribution in [0, 0.1) is 20.2 Å². The molecule has 2 aromatic carbocycles. The molecule has 1 heterocycles. The molecule has 0 fully saturated rings. The Morgan fingerprint density at radius 1 is 1.00 bits per heavy atom. The Bertz CT molecular complexity index is 878. The summed E-state index contributed by atoms with van der Waals surface area (Å²) in [6.07, 6.45) is 0. The molecule has 1 aliphatic rings. The number of amides is 1. The third kappa shape index (κ3) is 2.94. The fourth-order valence-electron chi connectivity index (χ4n) is 2.70. The minimum atomic E-state index is -0.904. The molecule has 0 N–H and O–H groups in total. The highest BCUT2D eigenvalue weighted by atomic mass is 16.6. The van der Waals surface area contributed by atoms with Gasteiger partial charge in [0, 0.05) is 12.1 Å². The number of anilines is 1. The Morgan fingerprint density at radius 2 is 1.56 bits per heavy atom. The van der Waals surface area contributed by atoms with Gasteiger partial charge in [-0.25, -0.2) is 0 Å². The van der Waals surface area contributed by atoms with Crippen molar-refractivity contribution in [3.05, 3.63) is 74.3 Å². The molecule has 3 rings (SSSR count). The van der Waals surface area contributed by atoms with E-state index in [1.165, 1.54) is 17.1 Å². The molecule has 9 heteroatoms. The van der Waals surface area contributed by atoms with Crippen LogP contribution in [-0.2, 0) is 4.79 Å². The SMILES string of the molecule is CC1=NN(c2ccccc2)C(=O)C1c1cc([N+](=O)[O-])cc([N+](=O)[O-])c1. The summed E-state index contributed by atoms with van der Waals surface area (Å²) in [5.74, 6) is -1.32. The molecule has 126 valence electrons. The molecule has 0 aromatic heterocycles. The highest BCUT2D eigenvalue weighted by Gasteiger charge is 2.37. The van der Waals surface area contributed by atoms with Gasteiger partial charge in [0.05, 0.1) is 27.3 Å². The van der Waals surface area contributed by atoms with Crippen molar-refractivity contribution in [1.82, 2.24) is 0 Å². The number of nitro benzene ring substituents is 2. The number of rotatable bonds is 4. The lowest BCUT2D eigenvalue weighted by Crippen LogP contribution is -2.25. The lowest BCUT2D eigenvalue weighted by atomic mass is 9.94. The minimum absolute atomic E-state index is 0.172. The van der Waals surface area contributed by atoms with E-state index in [2.05, 4.69) is 5.10 Å². The van der Waals surface area contributed by atoms with Crippen molar-refractivity contribution in [3.8, 4) is 0 Å². The number of nitro groups is 2. The van der Waals surface area contributed by atoms with E-state index in [4.69, 9.17) is 0 Å². The third-order valence-electron chi connectivity index (χ3n) is 3.81. The highest BCUT2D eigenvalue weighted by Crippen LogP contribution is 2.34. The van der Waals surface area contributed by atoms with Gasteiger partial charge in [0.25, 0.3) is 17.3 Å². The molecule has 0 bridgehead atoms. The second-order valence-electron chi connectivity index (χ2n) is 5.46. The number of hydrogen-bond acceptors (Lipinski definition) is 6. The van der Waals surface area contributed by atoms with Crippen LogP contribution in [0.3, 0.4) is 0 Å². The van der Waals surface area contributed by atoms with Gasteiger partial charge in [0.1, 0.15) is 5.92 Å². The first-order chi connectivity index (χ1) is 11.9. The van der Waals surface area contributed by atoms with Crippen LogP contribution in [0.15, 0.2) is 53.6 Å². The molecule has 0 saturated heterocycles. The molecule has 1 atom stereocenters. The van der Waals surface area contributed by atoms with Crippen LogP contribution in [-0.4, -0.2) is 21.5 Å². The number of non-ortho nitro benzene ring substituents is 2. The van der Waals surface area contributed by atoms with Crippen LogP contribution in [0.1, 0.15) is 18.4 Å². The normalized spacial score (nSPS) is 16.7. The van der Waals surface area contributed by atoms with Crippen LogP contribution in [0.5, 0.6) is 0 Å². The van der Waals surface area contributed by atoms with Crippen LogP contribution in [0.25, 0.3) is 0 Å². The standard InChI is InChI=1S/C16H12N4O5/c1-10-15(16(21)18(17-10)12-5-3-2-4-6-12)11-7-13(19(22)23)9-14(8-11)20(24)25/h2-9,15H,1H3. The lowest BCUT2D eigenvalue weighted by Gasteiger charge is -2.14. The monoisotopic (exact) mass is 340 g/mol. The Morgan fingerprint density at radius 3 is 2.08 bits per heavy atom. The van der Waals surface area contributed by atoms with Crippen molar-refractivity contribution in [2.75, 3.05) is 5.01 Å². The summed E-state index contributed by atoms with van der Waals surface area (Å²) in [4.78, 5) is 33.4. The maximum Gasteiger partial charge on any atom is 0.276 e. The molecule has 9 nitrogen and oxygen atoms in total. The maximum absolute atomic E-state index is 12.8. The van der Waals surface area contributed by atoms with E-state index in [1.54, 1.807) is 37.3 Å². The smallest absolute Gasteiger partial charge is 0.271 e. The molecule has 25 heavy (non-hydrogen) atoms. The van der Waals surface area contributed by atoms with Gasteiger partial charge in [0.2, 0.25) is 0 Å². The molecule has 0 spiro atoms. The summed E-state index contributed by atoms with van der Waals surface area (Å²) in [6.45, 7) is 1.61. The first kappa shape index (κ1) is 16.2. The Kier molecular flexibility index (Phi) is 3.97. The van der Waals surface area contributed by atoms with Crippen LogP contribution in [0.2, 0.25) is 0 Å². The number of hydrogen-bond donors (Lipinski definition) is 0. The summed E-state index contributed by atoms with van der Waals surface area (Å²) < 4.78 is 0. The number of benzene rings is 2. The maximum atomic E-state index is 12.8. The Hall–Kier alpha value is -3.62. The van der Waals surface area contributed by atoms with E-state index >= 15 is 0 Å². The Balaban J connectivity index is 2.05. The first-order valence-electron chi connectivity index (χ1n) is 7.26. The summed E-state index contributed by atoms with van der Waals surface area (Å²) in [7, 11) is 0. The fourth-order valence-corrected chi connectivity index (χ4v) is 2.70. The zero-order valence-corrected chi connectivity index (χ0v) is 13.0. The van der Waals surface area contributed by atoms with Crippen molar-refractivity contribution in [1.29, 1.82) is 0 Å². The number of nitrogens with zero attached hydrogens (tertiary/aromatic N) is 4. The molecule has 2 aromatic rings. The summed E-state index contributed by atoms with van der Waals surface area (Å²) >= 11 is 0. The van der Waals surface area contributed by atoms with Crippen molar-refractivity contribution in [3.63, 3.8) is 0 Å². The fraction of sp³-hybridized carbons (Fsp3) is 0.125. The van der Waals surface area contributed by atoms with E-state index in [0.29, 0.717) is 11.4 Å². The predicted molar refractivity (Wildman–Crippen MR) is 89.5 cm³/mol. The van der Waals surface area contributed by atoms with E-state index in [-0.39, 0.29) is 5.56 Å². The second-order valence-corrected chi connectivity index (χ2v) is 5.46. The van der Waals surface area contributed by atoms with Crippen molar-refractivity contribution in [2.45, 2.75) is 12.8 Å². The van der Waals surface area contributed by atoms with Crippen LogP contribution >= 0.6 is 0 Å². The zero-order chi connectivity index (χ0) is 18.1. The van der Waals surface area contributed by atoms with Gasteiger partial charge >= 0.3 is 0 Å². The molecule has 0 saturated carbocycles. The van der Waals surface area contributed by atoms with Crippen LogP contribution < -0.4 is 5.01 Å². The largest absolute Gasteiger partial charge is 0.276 e. The van der Waals surface area contributed by atoms with E-state index in [9.17, 15) is 25.0 Å². The summed E-state index contributed by atoms with van der Waals surface area (Å²) in [6, 6.07) is 11.9. The van der Waals surface area contributed by atoms with Gasteiger partial charge in [-0.15, -0.1) is 0 Å². The number of carbonyl (C=O) groups is 1. The van der Waals surface area contributed by atoms with Crippen molar-refractivity contribution >= 4 is 28.7 Å². The summed E-state index contributed by atoms with van der Waals surface area (Å²) in [5, 5.41) is 27.5. The van der Waals surface area contributed by atoms with Gasteiger partial charge in [-0.05, 0) is 24.6 Å². The topological polar surface area (TPSA) is 119 Å². The van der Waals surface area contributed by atoms with E-state index in [0.717, 1.165) is 6.07 Å². The molecule has 1 aliphatic heterocycles. The van der Waals surface area contributed by atoms with Crippen molar-refractivity contribution < 1.29 is 14.6 Å². The Labute approximate surface area is 141 Å². The molecular weight excluding hydrogens is 328 g/mol. The number of para-hydroxylation sites is 1. The third-order valence-corrected chi connectivity index (χ3v) is 3.81. The molecule has 1 amide bonds. The molecule has 1 unspecified atom stereocenters. The highest BCUT2D eigenvalue weighted by molar-refractivity contribution is 6.18. The number of carbonyl (C=O) groups excluding carboxylic acids is 1. The quantitative estimate of drug-likeness (QED) is 0.626. The summed E-state index contributed by atoms with van der Waals surface area (Å²) in [5.41, 5.74) is 0.245. The molecular formula is C16H12N4O5. The molecule has 0 aliphatic carbocycles. The molecule has 0 radical (unpaired) electrons. The zero-order valence-electron chi connectivity index (χ0n) is 13.0. The predicted octanol–water partition coefficient (Wildman–Crippen LogP) is 3.01. The second kappa shape index (κ2) is 6.11. The minimum Gasteiger partial charge on any atom is -0.271 e. The van der Waals surface area contributed by atoms with Crippen LogP contribution in [0.4, 0.5) is 17.1 Å². The van der Waals surface area contributed by atoms with Crippen molar-refractivity contribution in [2.24, 2.45) is 5.10 Å². The first-order valence-corrected chi connectivity index (χ1v) is 7.26. The van der Waals surface area contributed by atoms with Gasteiger partial charge in [0.15, 0.2) is 0 Å². The lowest BCUT2D eigenvalue weighted by molar-refractivity contribution is -0.394. The van der Waals surface area contributed by atoms with Gasteiger partial charge in [-0.2, -0.15) is 10.1 Å². The van der Waals surface area contributed by atoms with Gasteiger partial charge in [-0.1, -0.05) is 18.2 Å². The average molecular weight is 340 g/mol. The number of hydrazone groups is 1. The van der Waals surface area contributed by atoms with Gasteiger partial charge < -0.3 is 0 Å². The average Bonchev–Trinajstić information content (AvgIpc) is 2.89. The van der Waals surface area contributed by atoms with E-state index in [1.807, 2.05) is 0 Å². The van der Waals surface area contributed by atoms with E-state index < -0.39 is 33.0 Å².